The monoisotopic (exact) mass is 510 g/mol. The first-order valence-corrected chi connectivity index (χ1v) is 13.5. The molecule has 8 rings (SSSR count). The van der Waals surface area contributed by atoms with Crippen LogP contribution in [0.1, 0.15) is 33.4 Å². The summed E-state index contributed by atoms with van der Waals surface area (Å²) in [4.78, 5) is 8.39. The van der Waals surface area contributed by atoms with E-state index in [2.05, 4.69) is 131 Å². The topological polar surface area (TPSA) is 25.8 Å². The number of benzene rings is 4. The fourth-order valence-corrected chi connectivity index (χ4v) is 5.67. The molecule has 2 aliphatic carbocycles. The van der Waals surface area contributed by atoms with E-state index in [0.717, 1.165) is 11.1 Å². The summed E-state index contributed by atoms with van der Waals surface area (Å²) in [5, 5.41) is 0. The number of hydrogen-bond donors (Lipinski definition) is 0. The van der Waals surface area contributed by atoms with Crippen LogP contribution in [0.5, 0.6) is 0 Å². The molecule has 0 saturated heterocycles. The fourth-order valence-electron chi connectivity index (χ4n) is 5.67. The Kier molecular flexibility index (Phi) is 6.20. The maximum atomic E-state index is 4.19. The van der Waals surface area contributed by atoms with Gasteiger partial charge in [-0.1, -0.05) is 109 Å². The largest absolute Gasteiger partial charge is 0.264 e. The van der Waals surface area contributed by atoms with E-state index in [4.69, 9.17) is 0 Å². The first-order valence-electron chi connectivity index (χ1n) is 13.5. The van der Waals surface area contributed by atoms with E-state index < -0.39 is 0 Å². The van der Waals surface area contributed by atoms with Crippen molar-refractivity contribution < 1.29 is 0 Å². The lowest BCUT2D eigenvalue weighted by Crippen LogP contribution is -1.82. The van der Waals surface area contributed by atoms with E-state index >= 15 is 0 Å². The van der Waals surface area contributed by atoms with Crippen LogP contribution in [0.25, 0.3) is 45.6 Å². The Labute approximate surface area is 234 Å². The van der Waals surface area contributed by atoms with Crippen molar-refractivity contribution in [1.29, 1.82) is 0 Å². The van der Waals surface area contributed by atoms with Gasteiger partial charge in [0.05, 0.1) is 0 Å². The number of pyridine rings is 2. The maximum Gasteiger partial charge on any atom is 0.0340 e. The smallest absolute Gasteiger partial charge is 0.0340 e. The summed E-state index contributed by atoms with van der Waals surface area (Å²) in [6.07, 6.45) is 11.8. The Morgan fingerprint density at radius 1 is 0.325 bits per heavy atom. The molecule has 0 amide bonds. The molecule has 0 unspecified atom stereocenters. The number of hydrogen-bond acceptors (Lipinski definition) is 2. The second-order valence-corrected chi connectivity index (χ2v) is 9.87. The SMILES string of the molecule is C(=C1c2ccccc2-c2ccccc21)c1cccnc1.C(=C1c2ccccc2-c2ccccc21)c1cccnc1. The molecule has 6 aromatic rings. The number of nitrogens with zero attached hydrogens (tertiary/aromatic N) is 2. The van der Waals surface area contributed by atoms with Gasteiger partial charge in [0, 0.05) is 24.8 Å². The van der Waals surface area contributed by atoms with Crippen LogP contribution in [0.2, 0.25) is 0 Å². The summed E-state index contributed by atoms with van der Waals surface area (Å²) >= 11 is 0. The minimum absolute atomic E-state index is 1.13. The van der Waals surface area contributed by atoms with Crippen LogP contribution in [0, 0.1) is 0 Å². The highest BCUT2D eigenvalue weighted by atomic mass is 14.6. The van der Waals surface area contributed by atoms with E-state index in [9.17, 15) is 0 Å². The number of fused-ring (bicyclic) bond motifs is 6. The van der Waals surface area contributed by atoms with Gasteiger partial charge >= 0.3 is 0 Å². The van der Waals surface area contributed by atoms with Gasteiger partial charge in [0.1, 0.15) is 0 Å². The zero-order valence-electron chi connectivity index (χ0n) is 21.9. The molecule has 2 nitrogen and oxygen atoms in total. The van der Waals surface area contributed by atoms with Crippen LogP contribution in [-0.4, -0.2) is 9.97 Å². The molecule has 0 fully saturated rings. The van der Waals surface area contributed by atoms with Crippen molar-refractivity contribution >= 4 is 23.3 Å². The second kappa shape index (κ2) is 10.4. The van der Waals surface area contributed by atoms with Crippen molar-refractivity contribution in [3.8, 4) is 22.3 Å². The highest BCUT2D eigenvalue weighted by Gasteiger charge is 2.23. The lowest BCUT2D eigenvalue weighted by molar-refractivity contribution is 1.32. The predicted molar refractivity (Wildman–Crippen MR) is 166 cm³/mol. The zero-order valence-corrected chi connectivity index (χ0v) is 21.9. The van der Waals surface area contributed by atoms with Gasteiger partial charge in [-0.3, -0.25) is 9.97 Å². The highest BCUT2D eigenvalue weighted by molar-refractivity contribution is 6.07. The molecule has 2 aromatic heterocycles. The Hall–Kier alpha value is -5.34. The molecule has 0 spiro atoms. The van der Waals surface area contributed by atoms with Crippen molar-refractivity contribution in [3.05, 3.63) is 179 Å². The molecule has 0 bridgehead atoms. The van der Waals surface area contributed by atoms with Gasteiger partial charge in [0.25, 0.3) is 0 Å². The molecule has 0 saturated carbocycles. The van der Waals surface area contributed by atoms with E-state index in [-0.39, 0.29) is 0 Å². The van der Waals surface area contributed by atoms with Gasteiger partial charge in [-0.2, -0.15) is 0 Å². The summed E-state index contributed by atoms with van der Waals surface area (Å²) in [6, 6.07) is 42.5. The van der Waals surface area contributed by atoms with E-state index in [1.165, 1.54) is 55.7 Å². The molecular weight excluding hydrogens is 484 g/mol. The molecular formula is C38H26N2. The van der Waals surface area contributed by atoms with Crippen LogP contribution in [0.3, 0.4) is 0 Å². The molecule has 0 radical (unpaired) electrons. The summed E-state index contributed by atoms with van der Waals surface area (Å²) in [6.45, 7) is 0. The standard InChI is InChI=1S/2C19H13N/c2*1-3-9-17-15(7-1)16-8-2-4-10-18(16)19(17)12-14-6-5-11-20-13-14/h2*1-13H. The van der Waals surface area contributed by atoms with Gasteiger partial charge in [0.15, 0.2) is 0 Å². The maximum absolute atomic E-state index is 4.19. The lowest BCUT2D eigenvalue weighted by atomic mass is 10.0. The first-order chi connectivity index (χ1) is 19.9. The van der Waals surface area contributed by atoms with E-state index in [1.54, 1.807) is 12.4 Å². The Balaban J connectivity index is 0.000000132. The van der Waals surface area contributed by atoms with Crippen molar-refractivity contribution in [3.63, 3.8) is 0 Å². The summed E-state index contributed by atoms with van der Waals surface area (Å²) < 4.78 is 0. The van der Waals surface area contributed by atoms with Crippen LogP contribution < -0.4 is 0 Å². The van der Waals surface area contributed by atoms with Gasteiger partial charge in [-0.15, -0.1) is 0 Å². The molecule has 0 atom stereocenters. The van der Waals surface area contributed by atoms with Gasteiger partial charge in [-0.05, 0) is 91.1 Å². The van der Waals surface area contributed by atoms with Gasteiger partial charge in [-0.25, -0.2) is 0 Å². The summed E-state index contributed by atoms with van der Waals surface area (Å²) in [7, 11) is 0. The van der Waals surface area contributed by atoms with Crippen LogP contribution in [0.4, 0.5) is 0 Å². The molecule has 0 N–H and O–H groups in total. The summed E-state index contributed by atoms with van der Waals surface area (Å²) in [5.41, 5.74) is 15.3. The molecule has 40 heavy (non-hydrogen) atoms. The van der Waals surface area contributed by atoms with Crippen LogP contribution in [0.15, 0.2) is 146 Å². The van der Waals surface area contributed by atoms with Crippen molar-refractivity contribution in [2.75, 3.05) is 0 Å². The molecule has 188 valence electrons. The zero-order chi connectivity index (χ0) is 26.7. The first kappa shape index (κ1) is 23.8. The van der Waals surface area contributed by atoms with E-state index in [1.807, 2.05) is 24.5 Å². The van der Waals surface area contributed by atoms with Crippen molar-refractivity contribution in [2.45, 2.75) is 0 Å². The highest BCUT2D eigenvalue weighted by Crippen LogP contribution is 2.45. The third-order valence-corrected chi connectivity index (χ3v) is 7.44. The minimum atomic E-state index is 1.13. The average molecular weight is 511 g/mol. The number of aromatic nitrogens is 2. The predicted octanol–water partition coefficient (Wildman–Crippen LogP) is 9.30. The quantitative estimate of drug-likeness (QED) is 0.232. The molecule has 2 aliphatic rings. The van der Waals surface area contributed by atoms with Crippen molar-refractivity contribution in [2.24, 2.45) is 0 Å². The second-order valence-electron chi connectivity index (χ2n) is 9.87. The normalized spacial score (nSPS) is 11.9. The Bertz CT molecular complexity index is 1650. The lowest BCUT2D eigenvalue weighted by Gasteiger charge is -2.02. The summed E-state index contributed by atoms with van der Waals surface area (Å²) in [5.74, 6) is 0. The van der Waals surface area contributed by atoms with Gasteiger partial charge < -0.3 is 0 Å². The number of rotatable bonds is 2. The third-order valence-electron chi connectivity index (χ3n) is 7.44. The minimum Gasteiger partial charge on any atom is -0.264 e. The van der Waals surface area contributed by atoms with Gasteiger partial charge in [0.2, 0.25) is 0 Å². The van der Waals surface area contributed by atoms with E-state index in [0.29, 0.717) is 0 Å². The molecule has 4 aromatic carbocycles. The molecule has 2 heteroatoms. The Morgan fingerprint density at radius 2 is 0.625 bits per heavy atom. The fraction of sp³-hybridized carbons (Fsp3) is 0. The Morgan fingerprint density at radius 3 is 0.900 bits per heavy atom. The average Bonchev–Trinajstić information content (AvgIpc) is 3.52. The van der Waals surface area contributed by atoms with Crippen LogP contribution in [-0.2, 0) is 0 Å². The van der Waals surface area contributed by atoms with Crippen molar-refractivity contribution in [1.82, 2.24) is 9.97 Å². The van der Waals surface area contributed by atoms with Crippen LogP contribution >= 0.6 is 0 Å². The third kappa shape index (κ3) is 4.36. The molecule has 2 heterocycles. The molecule has 0 aliphatic heterocycles.